The molecule has 0 unspecified atom stereocenters. The molecule has 1 heterocycles. The number of H-pyrrole nitrogens is 1. The average molecular weight is 449 g/mol. The van der Waals surface area contributed by atoms with Gasteiger partial charge in [0.25, 0.3) is 0 Å². The van der Waals surface area contributed by atoms with Gasteiger partial charge in [0.1, 0.15) is 5.82 Å². The summed E-state index contributed by atoms with van der Waals surface area (Å²) < 4.78 is 17.4. The van der Waals surface area contributed by atoms with Crippen LogP contribution in [-0.4, -0.2) is 9.55 Å². The summed E-state index contributed by atoms with van der Waals surface area (Å²) in [6.45, 7) is 0. The first kappa shape index (κ1) is 13.3. The van der Waals surface area contributed by atoms with Gasteiger partial charge in [-0.2, -0.15) is 0 Å². The summed E-state index contributed by atoms with van der Waals surface area (Å²) in [7, 11) is 0. The van der Waals surface area contributed by atoms with Crippen molar-refractivity contribution in [2.45, 2.75) is 0 Å². The largest absolute Gasteiger partial charge is 0.330 e. The predicted molar refractivity (Wildman–Crippen MR) is 88.8 cm³/mol. The number of nitrogens with one attached hydrogen (secondary N) is 1. The van der Waals surface area contributed by atoms with E-state index in [0.29, 0.717) is 9.24 Å². The van der Waals surface area contributed by atoms with Crippen molar-refractivity contribution in [2.75, 3.05) is 0 Å². The maximum atomic E-state index is 13.3. The van der Waals surface area contributed by atoms with Gasteiger partial charge < -0.3 is 4.98 Å². The van der Waals surface area contributed by atoms with Crippen LogP contribution in [0.1, 0.15) is 0 Å². The van der Waals surface area contributed by atoms with E-state index in [4.69, 9.17) is 12.2 Å². The van der Waals surface area contributed by atoms with E-state index < -0.39 is 0 Å². The Hall–Kier alpha value is -0.730. The van der Waals surface area contributed by atoms with Crippen LogP contribution in [0.25, 0.3) is 16.7 Å². The number of hydrogen-bond donors (Lipinski definition) is 1. The van der Waals surface area contributed by atoms with Gasteiger partial charge >= 0.3 is 0 Å². The van der Waals surface area contributed by atoms with E-state index in [1.165, 1.54) is 6.07 Å². The summed E-state index contributed by atoms with van der Waals surface area (Å²) in [5.74, 6) is -0.287. The first-order chi connectivity index (χ1) is 9.06. The van der Waals surface area contributed by atoms with Gasteiger partial charge in [0.05, 0.1) is 15.5 Å². The molecule has 0 saturated heterocycles. The molecule has 3 rings (SSSR count). The van der Waals surface area contributed by atoms with E-state index in [1.54, 1.807) is 12.1 Å². The third-order valence-electron chi connectivity index (χ3n) is 2.81. The second-order valence-corrected chi connectivity index (χ2v) is 6.51. The SMILES string of the molecule is Fc1ccc(-n2c(=S)[nH]c3cc(I)ccc32)cc1Br. The fraction of sp³-hybridized carbons (Fsp3) is 0. The van der Waals surface area contributed by atoms with E-state index >= 15 is 0 Å². The molecule has 2 aromatic carbocycles. The zero-order chi connectivity index (χ0) is 13.6. The molecule has 1 N–H and O–H groups in total. The van der Waals surface area contributed by atoms with Crippen LogP contribution in [0.5, 0.6) is 0 Å². The minimum atomic E-state index is -0.287. The highest BCUT2D eigenvalue weighted by Crippen LogP contribution is 2.24. The highest BCUT2D eigenvalue weighted by molar-refractivity contribution is 14.1. The highest BCUT2D eigenvalue weighted by atomic mass is 127. The fourth-order valence-corrected chi connectivity index (χ4v) is 3.14. The normalized spacial score (nSPS) is 11.1. The van der Waals surface area contributed by atoms with E-state index in [9.17, 15) is 4.39 Å². The number of aromatic nitrogens is 2. The molecular weight excluding hydrogens is 442 g/mol. The minimum Gasteiger partial charge on any atom is -0.330 e. The summed E-state index contributed by atoms with van der Waals surface area (Å²) in [6, 6.07) is 10.9. The van der Waals surface area contributed by atoms with Crippen LogP contribution in [0, 0.1) is 14.2 Å². The van der Waals surface area contributed by atoms with Crippen molar-refractivity contribution in [3.8, 4) is 5.69 Å². The number of aromatic amines is 1. The molecule has 0 amide bonds. The predicted octanol–water partition coefficient (Wildman–Crippen LogP) is 5.19. The van der Waals surface area contributed by atoms with Gasteiger partial charge in [-0.15, -0.1) is 0 Å². The van der Waals surface area contributed by atoms with Gasteiger partial charge in [0, 0.05) is 9.26 Å². The Kier molecular flexibility index (Phi) is 3.48. The smallest absolute Gasteiger partial charge is 0.182 e. The topological polar surface area (TPSA) is 20.7 Å². The molecule has 3 aromatic rings. The van der Waals surface area contributed by atoms with Crippen LogP contribution in [0.15, 0.2) is 40.9 Å². The first-order valence-corrected chi connectivity index (χ1v) is 7.70. The van der Waals surface area contributed by atoms with E-state index in [2.05, 4.69) is 43.5 Å². The Morgan fingerprint density at radius 2 is 2.00 bits per heavy atom. The van der Waals surface area contributed by atoms with Crippen molar-refractivity contribution in [2.24, 2.45) is 0 Å². The van der Waals surface area contributed by atoms with Gasteiger partial charge in [-0.25, -0.2) is 4.39 Å². The Bertz CT molecular complexity index is 840. The molecule has 0 aliphatic rings. The second-order valence-electron chi connectivity index (χ2n) is 4.03. The van der Waals surface area contributed by atoms with Crippen molar-refractivity contribution in [1.82, 2.24) is 9.55 Å². The molecule has 6 heteroatoms. The Morgan fingerprint density at radius 3 is 2.74 bits per heavy atom. The fourth-order valence-electron chi connectivity index (χ4n) is 1.96. The van der Waals surface area contributed by atoms with Crippen LogP contribution in [0.2, 0.25) is 0 Å². The molecule has 19 heavy (non-hydrogen) atoms. The standard InChI is InChI=1S/C13H7BrFIN2S/c14-9-6-8(2-3-10(9)15)18-12-4-1-7(16)5-11(12)17-13(18)19/h1-6H,(H,17,19). The van der Waals surface area contributed by atoms with Gasteiger partial charge in [0.2, 0.25) is 0 Å². The zero-order valence-corrected chi connectivity index (χ0v) is 14.0. The molecule has 0 radical (unpaired) electrons. The molecule has 0 aliphatic carbocycles. The lowest BCUT2D eigenvalue weighted by atomic mass is 10.3. The molecule has 96 valence electrons. The number of fused-ring (bicyclic) bond motifs is 1. The lowest BCUT2D eigenvalue weighted by Crippen LogP contribution is -1.94. The number of nitrogens with zero attached hydrogens (tertiary/aromatic N) is 1. The van der Waals surface area contributed by atoms with Crippen molar-refractivity contribution >= 4 is 61.8 Å². The van der Waals surface area contributed by atoms with Gasteiger partial charge in [-0.1, -0.05) is 0 Å². The maximum Gasteiger partial charge on any atom is 0.182 e. The van der Waals surface area contributed by atoms with Crippen molar-refractivity contribution in [1.29, 1.82) is 0 Å². The number of imidazole rings is 1. The monoisotopic (exact) mass is 448 g/mol. The number of benzene rings is 2. The summed E-state index contributed by atoms with van der Waals surface area (Å²) in [4.78, 5) is 3.16. The van der Waals surface area contributed by atoms with Crippen molar-refractivity contribution in [3.63, 3.8) is 0 Å². The molecule has 0 bridgehead atoms. The zero-order valence-electron chi connectivity index (χ0n) is 9.45. The Balaban J connectivity index is 2.32. The van der Waals surface area contributed by atoms with Crippen molar-refractivity contribution < 1.29 is 4.39 Å². The summed E-state index contributed by atoms with van der Waals surface area (Å²) >= 11 is 10.8. The van der Waals surface area contributed by atoms with Gasteiger partial charge in [0.15, 0.2) is 4.77 Å². The molecule has 0 fully saturated rings. The highest BCUT2D eigenvalue weighted by Gasteiger charge is 2.08. The molecule has 0 saturated carbocycles. The third-order valence-corrected chi connectivity index (χ3v) is 4.37. The molecular formula is C13H7BrFIN2S. The van der Waals surface area contributed by atoms with Crippen LogP contribution in [-0.2, 0) is 0 Å². The minimum absolute atomic E-state index is 0.287. The Morgan fingerprint density at radius 1 is 1.21 bits per heavy atom. The van der Waals surface area contributed by atoms with E-state index in [-0.39, 0.29) is 5.82 Å². The number of hydrogen-bond acceptors (Lipinski definition) is 1. The summed E-state index contributed by atoms with van der Waals surface area (Å²) in [5, 5.41) is 0. The van der Waals surface area contributed by atoms with E-state index in [0.717, 1.165) is 20.3 Å². The maximum absolute atomic E-state index is 13.3. The quantitative estimate of drug-likeness (QED) is 0.401. The summed E-state index contributed by atoms with van der Waals surface area (Å²) in [6.07, 6.45) is 0. The van der Waals surface area contributed by atoms with Crippen LogP contribution in [0.3, 0.4) is 0 Å². The van der Waals surface area contributed by atoms with Gasteiger partial charge in [-0.3, -0.25) is 4.57 Å². The second kappa shape index (κ2) is 4.99. The Labute approximate surface area is 135 Å². The van der Waals surface area contributed by atoms with Crippen molar-refractivity contribution in [3.05, 3.63) is 55.0 Å². The molecule has 0 atom stereocenters. The third kappa shape index (κ3) is 2.36. The van der Waals surface area contributed by atoms with Crippen LogP contribution >= 0.6 is 50.7 Å². The average Bonchev–Trinajstić information content (AvgIpc) is 2.68. The van der Waals surface area contributed by atoms with E-state index in [1.807, 2.05) is 22.8 Å². The summed E-state index contributed by atoms with van der Waals surface area (Å²) in [5.41, 5.74) is 2.77. The lowest BCUT2D eigenvalue weighted by molar-refractivity contribution is 0.620. The van der Waals surface area contributed by atoms with Crippen LogP contribution < -0.4 is 0 Å². The number of rotatable bonds is 1. The van der Waals surface area contributed by atoms with Crippen LogP contribution in [0.4, 0.5) is 4.39 Å². The van der Waals surface area contributed by atoms with Gasteiger partial charge in [-0.05, 0) is 87.1 Å². The molecule has 1 aromatic heterocycles. The lowest BCUT2D eigenvalue weighted by Gasteiger charge is -2.05. The molecule has 0 aliphatic heterocycles. The molecule has 2 nitrogen and oxygen atoms in total. The molecule has 0 spiro atoms. The first-order valence-electron chi connectivity index (χ1n) is 5.42. The number of halogens is 3.